The lowest BCUT2D eigenvalue weighted by Crippen LogP contribution is -2.47. The molecule has 1 heterocycles. The highest BCUT2D eigenvalue weighted by atomic mass is 16.5. The first kappa shape index (κ1) is 41.5. The summed E-state index contributed by atoms with van der Waals surface area (Å²) in [6.45, 7) is 20.2. The summed E-state index contributed by atoms with van der Waals surface area (Å²) in [6, 6.07) is 8.05. The molecule has 274 valence electrons. The second kappa shape index (κ2) is 22.1. The lowest BCUT2D eigenvalue weighted by molar-refractivity contribution is 0.126. The van der Waals surface area contributed by atoms with Gasteiger partial charge >= 0.3 is 0 Å². The van der Waals surface area contributed by atoms with E-state index in [4.69, 9.17) is 33.4 Å². The van der Waals surface area contributed by atoms with E-state index in [1.165, 1.54) is 5.57 Å². The monoisotopic (exact) mass is 681 g/mol. The van der Waals surface area contributed by atoms with Crippen molar-refractivity contribution in [3.8, 4) is 28.7 Å². The van der Waals surface area contributed by atoms with Crippen molar-refractivity contribution >= 4 is 5.71 Å². The third kappa shape index (κ3) is 12.3. The molecule has 1 aliphatic rings. The van der Waals surface area contributed by atoms with Crippen LogP contribution in [0, 0.1) is 6.92 Å². The summed E-state index contributed by atoms with van der Waals surface area (Å²) in [7, 11) is 8.27. The maximum atomic E-state index is 6.38. The average molecular weight is 682 g/mol. The number of hydrogen-bond acceptors (Lipinski definition) is 9. The number of ether oxygens (including phenoxy) is 6. The summed E-state index contributed by atoms with van der Waals surface area (Å²) in [5, 5.41) is 0. The minimum atomic E-state index is -0.111. The van der Waals surface area contributed by atoms with E-state index in [1.54, 1.807) is 35.5 Å². The largest absolute Gasteiger partial charge is 0.496 e. The normalized spacial score (nSPS) is 15.2. The zero-order chi connectivity index (χ0) is 36.3. The first-order valence-corrected chi connectivity index (χ1v) is 17.7. The van der Waals surface area contributed by atoms with E-state index < -0.39 is 0 Å². The molecule has 1 fully saturated rings. The third-order valence-electron chi connectivity index (χ3n) is 8.52. The van der Waals surface area contributed by atoms with E-state index in [0.29, 0.717) is 17.2 Å². The van der Waals surface area contributed by atoms with E-state index in [2.05, 4.69) is 43.6 Å². The van der Waals surface area contributed by atoms with Crippen molar-refractivity contribution in [2.45, 2.75) is 80.3 Å². The highest BCUT2D eigenvalue weighted by Crippen LogP contribution is 2.41. The molecule has 9 nitrogen and oxygen atoms in total. The molecule has 2 aromatic rings. The van der Waals surface area contributed by atoms with Crippen LogP contribution >= 0.6 is 0 Å². The van der Waals surface area contributed by atoms with E-state index >= 15 is 0 Å². The van der Waals surface area contributed by atoms with Crippen LogP contribution < -0.4 is 23.7 Å². The number of allylic oxidation sites excluding steroid dienone is 1. The molecular formula is C40H63N3O6. The predicted molar refractivity (Wildman–Crippen MR) is 202 cm³/mol. The first-order chi connectivity index (χ1) is 23.7. The summed E-state index contributed by atoms with van der Waals surface area (Å²) in [6.07, 6.45) is 8.05. The van der Waals surface area contributed by atoms with Gasteiger partial charge in [0.15, 0.2) is 11.5 Å². The van der Waals surface area contributed by atoms with Gasteiger partial charge in [-0.1, -0.05) is 46.6 Å². The highest BCUT2D eigenvalue weighted by Gasteiger charge is 2.21. The minimum Gasteiger partial charge on any atom is -0.496 e. The number of piperazine rings is 1. The van der Waals surface area contributed by atoms with Crippen LogP contribution in [-0.4, -0.2) is 90.3 Å². The predicted octanol–water partition coefficient (Wildman–Crippen LogP) is 8.64. The summed E-state index contributed by atoms with van der Waals surface area (Å²) in [5.41, 5.74) is 6.25. The van der Waals surface area contributed by atoms with Crippen LogP contribution in [0.2, 0.25) is 0 Å². The zero-order valence-corrected chi connectivity index (χ0v) is 32.4. The second-order valence-electron chi connectivity index (χ2n) is 12.1. The first-order valence-electron chi connectivity index (χ1n) is 17.7. The summed E-state index contributed by atoms with van der Waals surface area (Å²) >= 11 is 0. The highest BCUT2D eigenvalue weighted by molar-refractivity contribution is 6.00. The molecule has 0 saturated carbocycles. The quantitative estimate of drug-likeness (QED) is 0.114. The molecule has 2 aromatic carbocycles. The van der Waals surface area contributed by atoms with Crippen molar-refractivity contribution in [1.82, 2.24) is 9.80 Å². The fourth-order valence-corrected chi connectivity index (χ4v) is 5.82. The summed E-state index contributed by atoms with van der Waals surface area (Å²) < 4.78 is 34.2. The SMILES string of the molecule is CC.CCC/C=C(/CN1CCN(C/C(C)=C/OC(CCC)c2cc(OC)c(OC)c(OC)c2)CC1)N=C(C)c1cc(OC)c(C)c(OC)c1. The molecule has 0 radical (unpaired) electrons. The number of aliphatic imine (C=N–C) groups is 1. The Morgan fingerprint density at radius 3 is 1.76 bits per heavy atom. The van der Waals surface area contributed by atoms with Gasteiger partial charge in [0, 0.05) is 56.1 Å². The molecule has 0 bridgehead atoms. The number of methoxy groups -OCH3 is 5. The van der Waals surface area contributed by atoms with Crippen molar-refractivity contribution < 1.29 is 28.4 Å². The molecule has 0 aromatic heterocycles. The maximum absolute atomic E-state index is 6.38. The Hall–Kier alpha value is -3.69. The van der Waals surface area contributed by atoms with Crippen molar-refractivity contribution in [3.63, 3.8) is 0 Å². The molecule has 1 aliphatic heterocycles. The molecule has 0 N–H and O–H groups in total. The van der Waals surface area contributed by atoms with Crippen molar-refractivity contribution in [3.05, 3.63) is 64.6 Å². The van der Waals surface area contributed by atoms with Crippen LogP contribution in [0.5, 0.6) is 28.7 Å². The fourth-order valence-electron chi connectivity index (χ4n) is 5.82. The lowest BCUT2D eigenvalue weighted by Gasteiger charge is -2.35. The third-order valence-corrected chi connectivity index (χ3v) is 8.52. The van der Waals surface area contributed by atoms with Crippen LogP contribution in [0.3, 0.4) is 0 Å². The fraction of sp³-hybridized carbons (Fsp3) is 0.575. The molecule has 1 saturated heterocycles. The van der Waals surface area contributed by atoms with Crippen LogP contribution in [0.1, 0.15) is 90.0 Å². The molecule has 1 unspecified atom stereocenters. The topological polar surface area (TPSA) is 74.2 Å². The van der Waals surface area contributed by atoms with Gasteiger partial charge in [-0.2, -0.15) is 0 Å². The van der Waals surface area contributed by atoms with Crippen molar-refractivity contribution in [1.29, 1.82) is 0 Å². The van der Waals surface area contributed by atoms with E-state index in [9.17, 15) is 0 Å². The number of hydrogen-bond donors (Lipinski definition) is 0. The Morgan fingerprint density at radius 1 is 0.755 bits per heavy atom. The molecule has 3 rings (SSSR count). The van der Waals surface area contributed by atoms with E-state index in [-0.39, 0.29) is 6.10 Å². The van der Waals surface area contributed by atoms with Crippen LogP contribution in [0.4, 0.5) is 0 Å². The summed E-state index contributed by atoms with van der Waals surface area (Å²) in [4.78, 5) is 10.1. The average Bonchev–Trinajstić information content (AvgIpc) is 3.13. The Morgan fingerprint density at radius 2 is 1.29 bits per heavy atom. The second-order valence-corrected chi connectivity index (χ2v) is 12.1. The van der Waals surface area contributed by atoms with Gasteiger partial charge in [-0.25, -0.2) is 0 Å². The van der Waals surface area contributed by atoms with Gasteiger partial charge < -0.3 is 28.4 Å². The van der Waals surface area contributed by atoms with Crippen molar-refractivity contribution in [2.75, 3.05) is 74.8 Å². The molecule has 0 spiro atoms. The van der Waals surface area contributed by atoms with Gasteiger partial charge in [-0.15, -0.1) is 0 Å². The van der Waals surface area contributed by atoms with Gasteiger partial charge in [0.2, 0.25) is 5.75 Å². The molecule has 9 heteroatoms. The van der Waals surface area contributed by atoms with Gasteiger partial charge in [0.05, 0.1) is 47.5 Å². The van der Waals surface area contributed by atoms with Crippen LogP contribution in [0.15, 0.2) is 52.9 Å². The molecular weight excluding hydrogens is 618 g/mol. The summed E-state index contributed by atoms with van der Waals surface area (Å²) in [5.74, 6) is 3.47. The number of unbranched alkanes of at least 4 members (excludes halogenated alkanes) is 1. The Balaban J connectivity index is 0.00000409. The Kier molecular flexibility index (Phi) is 18.7. The van der Waals surface area contributed by atoms with E-state index in [0.717, 1.165) is 105 Å². The standard InChI is InChI=1S/C38H57N3O6.C2H6/c1-11-13-15-32(39-29(5)30-20-34(42-6)28(4)35(21-30)43-7)25-41-18-16-40(17-19-41)24-27(3)26-47-33(14-12-2)31-22-36(44-8)38(46-10)37(23-31)45-9;1-2/h15,20-23,26,33H,11-14,16-19,24-25H2,1-10H3;1-2H3/b27-26+,32-15-,39-29?;. The molecule has 1 atom stereocenters. The number of nitrogens with zero attached hydrogens (tertiary/aromatic N) is 3. The maximum Gasteiger partial charge on any atom is 0.203 e. The Bertz CT molecular complexity index is 1330. The van der Waals surface area contributed by atoms with Gasteiger partial charge in [-0.05, 0) is 69.0 Å². The van der Waals surface area contributed by atoms with Crippen LogP contribution in [0.25, 0.3) is 0 Å². The molecule has 49 heavy (non-hydrogen) atoms. The number of benzene rings is 2. The van der Waals surface area contributed by atoms with Crippen LogP contribution in [-0.2, 0) is 4.74 Å². The van der Waals surface area contributed by atoms with E-state index in [1.807, 2.05) is 51.3 Å². The molecule has 0 amide bonds. The zero-order valence-electron chi connectivity index (χ0n) is 32.4. The van der Waals surface area contributed by atoms with Gasteiger partial charge in [-0.3, -0.25) is 14.8 Å². The Labute approximate surface area is 296 Å². The van der Waals surface area contributed by atoms with Crippen molar-refractivity contribution in [2.24, 2.45) is 4.99 Å². The van der Waals surface area contributed by atoms with Gasteiger partial charge in [0.1, 0.15) is 17.6 Å². The number of rotatable bonds is 18. The minimum absolute atomic E-state index is 0.111. The molecule has 0 aliphatic carbocycles. The smallest absolute Gasteiger partial charge is 0.203 e. The lowest BCUT2D eigenvalue weighted by atomic mass is 10.0. The van der Waals surface area contributed by atoms with Gasteiger partial charge in [0.25, 0.3) is 0 Å².